The molecule has 2 heterocycles. The van der Waals surface area contributed by atoms with Gasteiger partial charge in [-0.05, 0) is 53.8 Å². The molecule has 0 bridgehead atoms. The normalized spacial score (nSPS) is 11.1. The molecule has 5 aromatic rings. The Morgan fingerprint density at radius 3 is 2.18 bits per heavy atom. The summed E-state index contributed by atoms with van der Waals surface area (Å²) in [6, 6.07) is 28.0. The van der Waals surface area contributed by atoms with Crippen molar-refractivity contribution in [2.45, 2.75) is 26.3 Å². The Hall–Kier alpha value is -3.83. The third kappa shape index (κ3) is 4.35. The summed E-state index contributed by atoms with van der Waals surface area (Å²) in [7, 11) is 0. The van der Waals surface area contributed by atoms with Crippen LogP contribution in [0.25, 0.3) is 10.2 Å². The van der Waals surface area contributed by atoms with Gasteiger partial charge in [0, 0.05) is 12.4 Å². The van der Waals surface area contributed by atoms with Gasteiger partial charge in [-0.25, -0.2) is 4.98 Å². The van der Waals surface area contributed by atoms with Gasteiger partial charge < -0.3 is 0 Å². The number of hydrogen-bond donors (Lipinski definition) is 0. The molecule has 0 fully saturated rings. The lowest BCUT2D eigenvalue weighted by Gasteiger charge is -2.26. The molecule has 0 saturated heterocycles. The summed E-state index contributed by atoms with van der Waals surface area (Å²) in [5, 5.41) is 0.703. The first-order chi connectivity index (χ1) is 16.6. The zero-order valence-electron chi connectivity index (χ0n) is 19.2. The van der Waals surface area contributed by atoms with Crippen LogP contribution in [-0.4, -0.2) is 15.9 Å². The average Bonchev–Trinajstić information content (AvgIpc) is 3.32. The quantitative estimate of drug-likeness (QED) is 0.282. The van der Waals surface area contributed by atoms with Crippen LogP contribution in [-0.2, 0) is 11.3 Å². The number of carbonyl (C=O) groups is 1. The number of rotatable bonds is 6. The van der Waals surface area contributed by atoms with E-state index < -0.39 is 5.92 Å². The molecule has 168 valence electrons. The van der Waals surface area contributed by atoms with E-state index in [1.54, 1.807) is 17.5 Å². The second kappa shape index (κ2) is 9.57. The fourth-order valence-electron chi connectivity index (χ4n) is 4.17. The number of thiazole rings is 1. The predicted octanol–water partition coefficient (Wildman–Crippen LogP) is 6.67. The maximum absolute atomic E-state index is 14.3. The van der Waals surface area contributed by atoms with Crippen LogP contribution in [0.2, 0.25) is 0 Å². The second-order valence-electron chi connectivity index (χ2n) is 8.39. The van der Waals surface area contributed by atoms with Crippen molar-refractivity contribution < 1.29 is 4.79 Å². The molecule has 0 spiro atoms. The van der Waals surface area contributed by atoms with E-state index in [1.165, 1.54) is 5.56 Å². The number of fused-ring (bicyclic) bond motifs is 1. The van der Waals surface area contributed by atoms with Gasteiger partial charge >= 0.3 is 0 Å². The van der Waals surface area contributed by atoms with Crippen LogP contribution in [0, 0.1) is 13.8 Å². The smallest absolute Gasteiger partial charge is 0.241 e. The lowest BCUT2D eigenvalue weighted by Crippen LogP contribution is -2.35. The zero-order chi connectivity index (χ0) is 23.5. The molecule has 1 amide bonds. The van der Waals surface area contributed by atoms with Crippen molar-refractivity contribution in [2.75, 3.05) is 4.90 Å². The van der Waals surface area contributed by atoms with Crippen LogP contribution in [0.15, 0.2) is 97.3 Å². The first-order valence-electron chi connectivity index (χ1n) is 11.3. The fourth-order valence-corrected chi connectivity index (χ4v) is 5.20. The van der Waals surface area contributed by atoms with Crippen molar-refractivity contribution >= 4 is 32.6 Å². The maximum Gasteiger partial charge on any atom is 0.241 e. The second-order valence-corrected chi connectivity index (χ2v) is 9.40. The summed E-state index contributed by atoms with van der Waals surface area (Å²) in [6.45, 7) is 4.58. The molecule has 5 heteroatoms. The third-order valence-electron chi connectivity index (χ3n) is 6.15. The molecule has 0 N–H and O–H groups in total. The molecule has 4 nitrogen and oxygen atoms in total. The minimum Gasteiger partial charge on any atom is -0.283 e. The topological polar surface area (TPSA) is 46.1 Å². The number of pyridine rings is 1. The van der Waals surface area contributed by atoms with Gasteiger partial charge in [0.15, 0.2) is 5.13 Å². The van der Waals surface area contributed by atoms with Crippen LogP contribution in [0.3, 0.4) is 0 Å². The summed E-state index contributed by atoms with van der Waals surface area (Å²) < 4.78 is 1.08. The van der Waals surface area contributed by atoms with Crippen molar-refractivity contribution in [3.8, 4) is 0 Å². The highest BCUT2D eigenvalue weighted by atomic mass is 32.1. The Bertz CT molecular complexity index is 1380. The molecule has 0 aliphatic rings. The van der Waals surface area contributed by atoms with Crippen molar-refractivity contribution in [1.29, 1.82) is 0 Å². The first-order valence-corrected chi connectivity index (χ1v) is 12.1. The van der Waals surface area contributed by atoms with Gasteiger partial charge in [-0.2, -0.15) is 0 Å². The van der Waals surface area contributed by atoms with Crippen LogP contribution >= 0.6 is 11.3 Å². The number of aryl methyl sites for hydroxylation is 2. The van der Waals surface area contributed by atoms with E-state index in [0.717, 1.165) is 32.5 Å². The molecule has 0 radical (unpaired) electrons. The molecule has 0 aliphatic heterocycles. The number of nitrogens with zero attached hydrogens (tertiary/aromatic N) is 3. The van der Waals surface area contributed by atoms with Crippen LogP contribution in [0.1, 0.15) is 33.7 Å². The van der Waals surface area contributed by atoms with Gasteiger partial charge in [-0.3, -0.25) is 14.7 Å². The van der Waals surface area contributed by atoms with Crippen molar-refractivity contribution in [3.05, 3.63) is 125 Å². The SMILES string of the molecule is Cc1ccc2sc(N(Cc3cccnc3)C(=O)C(c3ccccc3)c3ccccc3)nc2c1C. The molecule has 0 unspecified atom stereocenters. The maximum atomic E-state index is 14.3. The Morgan fingerprint density at radius 2 is 1.56 bits per heavy atom. The minimum atomic E-state index is -0.436. The molecule has 34 heavy (non-hydrogen) atoms. The van der Waals surface area contributed by atoms with Gasteiger partial charge in [0.2, 0.25) is 5.91 Å². The third-order valence-corrected chi connectivity index (χ3v) is 7.19. The van der Waals surface area contributed by atoms with E-state index in [9.17, 15) is 4.79 Å². The number of anilines is 1. The standard InChI is InChI=1S/C29H25N3OS/c1-20-15-16-25-27(21(20)2)31-29(34-25)32(19-22-10-9-17-30-18-22)28(33)26(23-11-5-3-6-12-23)24-13-7-4-8-14-24/h3-18,26H,19H2,1-2H3. The highest BCUT2D eigenvalue weighted by Gasteiger charge is 2.30. The highest BCUT2D eigenvalue weighted by molar-refractivity contribution is 7.22. The van der Waals surface area contributed by atoms with Crippen LogP contribution in [0.5, 0.6) is 0 Å². The van der Waals surface area contributed by atoms with Gasteiger partial charge in [-0.15, -0.1) is 0 Å². The Morgan fingerprint density at radius 1 is 0.882 bits per heavy atom. The number of amides is 1. The lowest BCUT2D eigenvalue weighted by atomic mass is 9.90. The van der Waals surface area contributed by atoms with Gasteiger partial charge in [-0.1, -0.05) is 84.1 Å². The van der Waals surface area contributed by atoms with Gasteiger partial charge in [0.05, 0.1) is 22.7 Å². The van der Waals surface area contributed by atoms with Crippen molar-refractivity contribution in [2.24, 2.45) is 0 Å². The number of benzene rings is 3. The molecular formula is C29H25N3OS. The minimum absolute atomic E-state index is 0.00492. The van der Waals surface area contributed by atoms with E-state index >= 15 is 0 Å². The largest absolute Gasteiger partial charge is 0.283 e. The number of aromatic nitrogens is 2. The molecule has 3 aromatic carbocycles. The highest BCUT2D eigenvalue weighted by Crippen LogP contribution is 2.36. The van der Waals surface area contributed by atoms with Crippen molar-refractivity contribution in [3.63, 3.8) is 0 Å². The van der Waals surface area contributed by atoms with Crippen LogP contribution in [0.4, 0.5) is 5.13 Å². The zero-order valence-corrected chi connectivity index (χ0v) is 20.0. The summed E-state index contributed by atoms with van der Waals surface area (Å²) in [5.41, 5.74) is 6.19. The van der Waals surface area contributed by atoms with Crippen molar-refractivity contribution in [1.82, 2.24) is 9.97 Å². The summed E-state index contributed by atoms with van der Waals surface area (Å²) >= 11 is 1.56. The van der Waals surface area contributed by atoms with E-state index in [4.69, 9.17) is 4.98 Å². The number of hydrogen-bond acceptors (Lipinski definition) is 4. The van der Waals surface area contributed by atoms with E-state index in [-0.39, 0.29) is 5.91 Å². The molecule has 5 rings (SSSR count). The lowest BCUT2D eigenvalue weighted by molar-refractivity contribution is -0.119. The summed E-state index contributed by atoms with van der Waals surface area (Å²) in [6.07, 6.45) is 3.55. The Kier molecular flexibility index (Phi) is 6.19. The Balaban J connectivity index is 1.64. The van der Waals surface area contributed by atoms with Crippen LogP contribution < -0.4 is 4.90 Å². The van der Waals surface area contributed by atoms with E-state index in [0.29, 0.717) is 11.7 Å². The van der Waals surface area contributed by atoms with E-state index in [1.807, 2.05) is 83.9 Å². The van der Waals surface area contributed by atoms with E-state index in [2.05, 4.69) is 31.0 Å². The molecular weight excluding hydrogens is 438 g/mol. The molecule has 0 atom stereocenters. The summed E-state index contributed by atoms with van der Waals surface area (Å²) in [4.78, 5) is 25.4. The molecule has 2 aromatic heterocycles. The summed E-state index contributed by atoms with van der Waals surface area (Å²) in [5.74, 6) is -0.441. The predicted molar refractivity (Wildman–Crippen MR) is 139 cm³/mol. The van der Waals surface area contributed by atoms with Gasteiger partial charge in [0.1, 0.15) is 0 Å². The number of carbonyl (C=O) groups excluding carboxylic acids is 1. The molecule has 0 aliphatic carbocycles. The average molecular weight is 464 g/mol. The monoisotopic (exact) mass is 463 g/mol. The Labute approximate surface area is 203 Å². The first kappa shape index (κ1) is 22.0. The molecule has 0 saturated carbocycles. The fraction of sp³-hybridized carbons (Fsp3) is 0.138. The van der Waals surface area contributed by atoms with Gasteiger partial charge in [0.25, 0.3) is 0 Å².